The van der Waals surface area contributed by atoms with Gasteiger partial charge in [0.2, 0.25) is 0 Å². The third-order valence-electron chi connectivity index (χ3n) is 3.02. The number of aromatic nitrogens is 2. The first kappa shape index (κ1) is 14.8. The lowest BCUT2D eigenvalue weighted by Crippen LogP contribution is -2.40. The molecule has 0 aliphatic carbocycles. The van der Waals surface area contributed by atoms with Crippen molar-refractivity contribution in [2.75, 3.05) is 0 Å². The monoisotopic (exact) mass is 294 g/mol. The summed E-state index contributed by atoms with van der Waals surface area (Å²) >= 11 is 0. The van der Waals surface area contributed by atoms with Crippen molar-refractivity contribution in [1.82, 2.24) is 9.13 Å². The van der Waals surface area contributed by atoms with Crippen molar-refractivity contribution in [1.29, 1.82) is 0 Å². The van der Waals surface area contributed by atoms with Gasteiger partial charge in [-0.25, -0.2) is 13.6 Å². The minimum absolute atomic E-state index is 0.307. The van der Waals surface area contributed by atoms with E-state index < -0.39 is 40.8 Å². The van der Waals surface area contributed by atoms with Gasteiger partial charge in [-0.15, -0.1) is 0 Å². The van der Waals surface area contributed by atoms with Crippen molar-refractivity contribution >= 4 is 5.78 Å². The number of Topliss-reactive ketones (excluding diaryl/α,β-unsaturated/α-hetero) is 1. The van der Waals surface area contributed by atoms with Crippen LogP contribution in [-0.2, 0) is 13.1 Å². The van der Waals surface area contributed by atoms with E-state index in [1.807, 2.05) is 0 Å². The number of hydrogen-bond acceptors (Lipinski definition) is 3. The SMILES string of the molecule is CCn1ccc(=O)n(CC(=O)c2c(F)cccc2F)c1=O. The second-order valence-corrected chi connectivity index (χ2v) is 4.33. The van der Waals surface area contributed by atoms with E-state index in [-0.39, 0.29) is 0 Å². The number of carbonyl (C=O) groups excluding carboxylic acids is 1. The molecule has 0 fully saturated rings. The number of ketones is 1. The van der Waals surface area contributed by atoms with Crippen LogP contribution in [0, 0.1) is 11.6 Å². The van der Waals surface area contributed by atoms with Crippen LogP contribution in [0.25, 0.3) is 0 Å². The van der Waals surface area contributed by atoms with E-state index in [0.717, 1.165) is 24.3 Å². The summed E-state index contributed by atoms with van der Waals surface area (Å²) in [7, 11) is 0. The van der Waals surface area contributed by atoms with Crippen LogP contribution in [0.2, 0.25) is 0 Å². The average Bonchev–Trinajstić information content (AvgIpc) is 2.43. The molecule has 0 aliphatic heterocycles. The smallest absolute Gasteiger partial charge is 0.301 e. The Labute approximate surface area is 118 Å². The number of halogens is 2. The van der Waals surface area contributed by atoms with E-state index in [1.54, 1.807) is 6.92 Å². The summed E-state index contributed by atoms with van der Waals surface area (Å²) in [5.41, 5.74) is -2.15. The van der Waals surface area contributed by atoms with Crippen molar-refractivity contribution in [2.24, 2.45) is 0 Å². The number of aryl methyl sites for hydroxylation is 1. The molecule has 5 nitrogen and oxygen atoms in total. The minimum Gasteiger partial charge on any atom is -0.301 e. The second kappa shape index (κ2) is 5.82. The standard InChI is InChI=1S/C14H12F2N2O3/c1-2-17-7-6-12(20)18(14(17)21)8-11(19)13-9(15)4-3-5-10(13)16/h3-7H,2,8H2,1H3. The third-order valence-corrected chi connectivity index (χ3v) is 3.02. The Morgan fingerprint density at radius 1 is 1.14 bits per heavy atom. The van der Waals surface area contributed by atoms with Gasteiger partial charge in [0.05, 0.1) is 12.1 Å². The van der Waals surface area contributed by atoms with Gasteiger partial charge in [0, 0.05) is 18.8 Å². The minimum atomic E-state index is -1.03. The number of carbonyl (C=O) groups is 1. The second-order valence-electron chi connectivity index (χ2n) is 4.33. The molecule has 21 heavy (non-hydrogen) atoms. The maximum absolute atomic E-state index is 13.5. The zero-order chi connectivity index (χ0) is 15.6. The maximum atomic E-state index is 13.5. The zero-order valence-electron chi connectivity index (χ0n) is 11.2. The van der Waals surface area contributed by atoms with Gasteiger partial charge in [-0.1, -0.05) is 6.07 Å². The molecule has 2 rings (SSSR count). The summed E-state index contributed by atoms with van der Waals surface area (Å²) in [6.07, 6.45) is 1.30. The lowest BCUT2D eigenvalue weighted by molar-refractivity contribution is 0.0960. The summed E-state index contributed by atoms with van der Waals surface area (Å²) in [4.78, 5) is 35.6. The molecule has 0 bridgehead atoms. The first-order chi connectivity index (χ1) is 9.95. The molecule has 110 valence electrons. The fourth-order valence-corrected chi connectivity index (χ4v) is 1.93. The molecule has 7 heteroatoms. The third kappa shape index (κ3) is 2.81. The molecule has 1 aromatic carbocycles. The molecule has 0 unspecified atom stereocenters. The zero-order valence-corrected chi connectivity index (χ0v) is 11.2. The van der Waals surface area contributed by atoms with Gasteiger partial charge in [0.1, 0.15) is 11.6 Å². The molecule has 0 saturated heterocycles. The van der Waals surface area contributed by atoms with Gasteiger partial charge in [0.15, 0.2) is 5.78 Å². The first-order valence-electron chi connectivity index (χ1n) is 6.23. The molecule has 0 N–H and O–H groups in total. The number of benzene rings is 1. The van der Waals surface area contributed by atoms with Crippen molar-refractivity contribution in [3.8, 4) is 0 Å². The van der Waals surface area contributed by atoms with Crippen LogP contribution in [0.15, 0.2) is 40.1 Å². The Morgan fingerprint density at radius 2 is 1.76 bits per heavy atom. The molecule has 1 aromatic heterocycles. The summed E-state index contributed by atoms with van der Waals surface area (Å²) in [5, 5.41) is 0. The van der Waals surface area contributed by atoms with Crippen LogP contribution in [0.4, 0.5) is 8.78 Å². The van der Waals surface area contributed by atoms with E-state index in [1.165, 1.54) is 10.8 Å². The van der Waals surface area contributed by atoms with Crippen LogP contribution in [0.5, 0.6) is 0 Å². The number of rotatable bonds is 4. The predicted molar refractivity (Wildman–Crippen MR) is 71.3 cm³/mol. The van der Waals surface area contributed by atoms with Crippen molar-refractivity contribution < 1.29 is 13.6 Å². The Kier molecular flexibility index (Phi) is 4.11. The largest absolute Gasteiger partial charge is 0.331 e. The van der Waals surface area contributed by atoms with Crippen LogP contribution >= 0.6 is 0 Å². The Bertz CT molecular complexity index is 788. The summed E-state index contributed by atoms with van der Waals surface area (Å²) in [6, 6.07) is 4.12. The summed E-state index contributed by atoms with van der Waals surface area (Å²) < 4.78 is 28.9. The molecular formula is C14H12F2N2O3. The van der Waals surface area contributed by atoms with Crippen LogP contribution in [-0.4, -0.2) is 14.9 Å². The van der Waals surface area contributed by atoms with Crippen molar-refractivity contribution in [3.63, 3.8) is 0 Å². The maximum Gasteiger partial charge on any atom is 0.331 e. The topological polar surface area (TPSA) is 61.1 Å². The lowest BCUT2D eigenvalue weighted by atomic mass is 10.1. The predicted octanol–water partition coefficient (Wildman–Crippen LogP) is 1.19. The Hall–Kier alpha value is -2.57. The highest BCUT2D eigenvalue weighted by Gasteiger charge is 2.19. The van der Waals surface area contributed by atoms with E-state index in [4.69, 9.17) is 0 Å². The molecule has 0 amide bonds. The normalized spacial score (nSPS) is 10.6. The van der Waals surface area contributed by atoms with Gasteiger partial charge in [-0.2, -0.15) is 0 Å². The molecule has 0 spiro atoms. The first-order valence-corrected chi connectivity index (χ1v) is 6.23. The van der Waals surface area contributed by atoms with Gasteiger partial charge < -0.3 is 4.57 Å². The Morgan fingerprint density at radius 3 is 2.33 bits per heavy atom. The van der Waals surface area contributed by atoms with Gasteiger partial charge >= 0.3 is 5.69 Å². The fraction of sp³-hybridized carbons (Fsp3) is 0.214. The summed E-state index contributed by atoms with van der Waals surface area (Å²) in [6.45, 7) is 1.28. The Balaban J connectivity index is 2.46. The molecule has 0 atom stereocenters. The van der Waals surface area contributed by atoms with Crippen LogP contribution in [0.1, 0.15) is 17.3 Å². The van der Waals surface area contributed by atoms with Crippen LogP contribution in [0.3, 0.4) is 0 Å². The lowest BCUT2D eigenvalue weighted by Gasteiger charge is -2.08. The molecule has 0 radical (unpaired) electrons. The van der Waals surface area contributed by atoms with E-state index >= 15 is 0 Å². The quantitative estimate of drug-likeness (QED) is 0.796. The van der Waals surface area contributed by atoms with Gasteiger partial charge in [0.25, 0.3) is 5.56 Å². The van der Waals surface area contributed by atoms with Crippen molar-refractivity contribution in [2.45, 2.75) is 20.0 Å². The summed E-state index contributed by atoms with van der Waals surface area (Å²) in [5.74, 6) is -3.03. The van der Waals surface area contributed by atoms with E-state index in [0.29, 0.717) is 11.1 Å². The van der Waals surface area contributed by atoms with Gasteiger partial charge in [-0.3, -0.25) is 14.2 Å². The fourth-order valence-electron chi connectivity index (χ4n) is 1.93. The van der Waals surface area contributed by atoms with Crippen molar-refractivity contribution in [3.05, 3.63) is 68.5 Å². The van der Waals surface area contributed by atoms with Crippen LogP contribution < -0.4 is 11.2 Å². The molecule has 1 heterocycles. The number of hydrogen-bond donors (Lipinski definition) is 0. The molecular weight excluding hydrogens is 282 g/mol. The highest BCUT2D eigenvalue weighted by Crippen LogP contribution is 2.13. The molecule has 0 aliphatic rings. The molecule has 2 aromatic rings. The van der Waals surface area contributed by atoms with Gasteiger partial charge in [-0.05, 0) is 19.1 Å². The average molecular weight is 294 g/mol. The molecule has 0 saturated carbocycles. The van der Waals surface area contributed by atoms with E-state index in [2.05, 4.69) is 0 Å². The highest BCUT2D eigenvalue weighted by molar-refractivity contribution is 5.96. The van der Waals surface area contributed by atoms with E-state index in [9.17, 15) is 23.2 Å². The highest BCUT2D eigenvalue weighted by atomic mass is 19.1. The number of nitrogens with zero attached hydrogens (tertiary/aromatic N) is 2.